The molecule has 1 aliphatic rings. The van der Waals surface area contributed by atoms with Crippen molar-refractivity contribution in [3.05, 3.63) is 94.0 Å². The number of anilines is 2. The summed E-state index contributed by atoms with van der Waals surface area (Å²) in [6.45, 7) is 5.74. The summed E-state index contributed by atoms with van der Waals surface area (Å²) in [7, 11) is 0. The summed E-state index contributed by atoms with van der Waals surface area (Å²) in [6, 6.07) is 17.7. The number of nitrogens with one attached hydrogen (secondary N) is 1. The highest BCUT2D eigenvalue weighted by Gasteiger charge is 2.37. The maximum atomic E-state index is 13.0. The highest BCUT2D eigenvalue weighted by Crippen LogP contribution is 2.32. The second-order valence-corrected chi connectivity index (χ2v) is 7.32. The Bertz CT molecular complexity index is 1160. The first-order valence-corrected chi connectivity index (χ1v) is 9.33. The molecule has 1 N–H and O–H groups in total. The molecule has 0 bridgehead atoms. The number of carbonyl (C=O) groups is 3. The van der Waals surface area contributed by atoms with Crippen molar-refractivity contribution in [3.63, 3.8) is 0 Å². The molecule has 0 radical (unpaired) electrons. The van der Waals surface area contributed by atoms with Crippen molar-refractivity contribution in [3.8, 4) is 0 Å². The zero-order chi connectivity index (χ0) is 20.7. The highest BCUT2D eigenvalue weighted by atomic mass is 16.2. The van der Waals surface area contributed by atoms with Gasteiger partial charge in [-0.3, -0.25) is 14.4 Å². The van der Waals surface area contributed by atoms with E-state index < -0.39 is 5.91 Å². The number of imide groups is 1. The minimum absolute atomic E-state index is 0.243. The average Bonchev–Trinajstić information content (AvgIpc) is 2.95. The monoisotopic (exact) mass is 384 g/mol. The van der Waals surface area contributed by atoms with E-state index in [1.54, 1.807) is 12.1 Å². The van der Waals surface area contributed by atoms with Crippen LogP contribution in [-0.2, 0) is 0 Å². The lowest BCUT2D eigenvalue weighted by Crippen LogP contribution is -2.30. The second-order valence-electron chi connectivity index (χ2n) is 7.32. The molecule has 0 saturated heterocycles. The van der Waals surface area contributed by atoms with Crippen LogP contribution in [0.15, 0.2) is 60.7 Å². The molecule has 3 amide bonds. The van der Waals surface area contributed by atoms with Gasteiger partial charge in [0.1, 0.15) is 0 Å². The van der Waals surface area contributed by atoms with E-state index in [1.807, 2.05) is 63.2 Å². The predicted molar refractivity (Wildman–Crippen MR) is 113 cm³/mol. The average molecular weight is 384 g/mol. The minimum Gasteiger partial charge on any atom is -0.322 e. The summed E-state index contributed by atoms with van der Waals surface area (Å²) >= 11 is 0. The minimum atomic E-state index is -0.413. The second kappa shape index (κ2) is 7.02. The Hall–Kier alpha value is -3.73. The lowest BCUT2D eigenvalue weighted by Gasteiger charge is -2.17. The third-order valence-electron chi connectivity index (χ3n) is 5.06. The Morgan fingerprint density at radius 1 is 0.759 bits per heavy atom. The summed E-state index contributed by atoms with van der Waals surface area (Å²) in [6.07, 6.45) is 0. The first-order valence-electron chi connectivity index (χ1n) is 9.33. The fraction of sp³-hybridized carbons (Fsp3) is 0.125. The van der Waals surface area contributed by atoms with Crippen molar-refractivity contribution >= 4 is 29.1 Å². The molecule has 1 heterocycles. The van der Waals surface area contributed by atoms with Crippen molar-refractivity contribution in [1.82, 2.24) is 0 Å². The topological polar surface area (TPSA) is 66.5 Å². The van der Waals surface area contributed by atoms with E-state index in [9.17, 15) is 14.4 Å². The van der Waals surface area contributed by atoms with Crippen LogP contribution in [0.5, 0.6) is 0 Å². The Labute approximate surface area is 169 Å². The van der Waals surface area contributed by atoms with Gasteiger partial charge in [-0.2, -0.15) is 0 Å². The van der Waals surface area contributed by atoms with Gasteiger partial charge in [0.2, 0.25) is 0 Å². The molecule has 0 atom stereocenters. The van der Waals surface area contributed by atoms with Crippen LogP contribution in [-0.4, -0.2) is 17.7 Å². The fourth-order valence-electron chi connectivity index (χ4n) is 3.40. The van der Waals surface area contributed by atoms with Gasteiger partial charge >= 0.3 is 0 Å². The number of nitrogens with zero attached hydrogens (tertiary/aromatic N) is 1. The molecular formula is C24H20N2O3. The van der Waals surface area contributed by atoms with Crippen LogP contribution in [0.3, 0.4) is 0 Å². The van der Waals surface area contributed by atoms with E-state index >= 15 is 0 Å². The SMILES string of the molecule is Cc1ccc(NC(=O)c2ccc3c(c2)C(=O)N(c2cc(C)ccc2C)C3=O)cc1. The van der Waals surface area contributed by atoms with Crippen molar-refractivity contribution in [2.24, 2.45) is 0 Å². The number of carbonyl (C=O) groups excluding carboxylic acids is 3. The number of aryl methyl sites for hydroxylation is 3. The van der Waals surface area contributed by atoms with Crippen molar-refractivity contribution in [1.29, 1.82) is 0 Å². The van der Waals surface area contributed by atoms with Gasteiger partial charge in [-0.05, 0) is 68.3 Å². The Morgan fingerprint density at radius 3 is 2.14 bits per heavy atom. The molecule has 144 valence electrons. The van der Waals surface area contributed by atoms with Gasteiger partial charge in [-0.15, -0.1) is 0 Å². The molecule has 0 aliphatic carbocycles. The van der Waals surface area contributed by atoms with E-state index in [1.165, 1.54) is 11.0 Å². The third kappa shape index (κ3) is 3.31. The summed E-state index contributed by atoms with van der Waals surface area (Å²) in [5.41, 5.74) is 5.00. The summed E-state index contributed by atoms with van der Waals surface area (Å²) in [5, 5.41) is 2.81. The molecule has 0 fully saturated rings. The number of fused-ring (bicyclic) bond motifs is 1. The van der Waals surface area contributed by atoms with E-state index in [2.05, 4.69) is 5.32 Å². The van der Waals surface area contributed by atoms with Gasteiger partial charge in [-0.1, -0.05) is 29.8 Å². The normalized spacial score (nSPS) is 12.9. The number of hydrogen-bond donors (Lipinski definition) is 1. The number of amides is 3. The molecule has 0 spiro atoms. The van der Waals surface area contributed by atoms with Gasteiger partial charge in [0, 0.05) is 11.3 Å². The quantitative estimate of drug-likeness (QED) is 0.668. The molecule has 1 aliphatic heterocycles. The van der Waals surface area contributed by atoms with Gasteiger partial charge in [0.15, 0.2) is 0 Å². The van der Waals surface area contributed by atoms with E-state index in [0.717, 1.165) is 16.7 Å². The molecule has 0 aromatic heterocycles. The number of rotatable bonds is 3. The first kappa shape index (κ1) is 18.6. The smallest absolute Gasteiger partial charge is 0.266 e. The van der Waals surface area contributed by atoms with Gasteiger partial charge in [0.05, 0.1) is 16.8 Å². The fourth-order valence-corrected chi connectivity index (χ4v) is 3.40. The highest BCUT2D eigenvalue weighted by molar-refractivity contribution is 6.35. The maximum Gasteiger partial charge on any atom is 0.266 e. The molecule has 5 heteroatoms. The number of hydrogen-bond acceptors (Lipinski definition) is 3. The third-order valence-corrected chi connectivity index (χ3v) is 5.06. The predicted octanol–water partition coefficient (Wildman–Crippen LogP) is 4.66. The summed E-state index contributed by atoms with van der Waals surface area (Å²) in [4.78, 5) is 39.7. The first-order chi connectivity index (χ1) is 13.8. The molecule has 0 saturated carbocycles. The Morgan fingerprint density at radius 2 is 1.41 bits per heavy atom. The van der Waals surface area contributed by atoms with Crippen molar-refractivity contribution < 1.29 is 14.4 Å². The molecule has 0 unspecified atom stereocenters. The summed E-state index contributed by atoms with van der Waals surface area (Å²) < 4.78 is 0. The molecule has 4 rings (SSSR count). The largest absolute Gasteiger partial charge is 0.322 e. The van der Waals surface area contributed by atoms with Gasteiger partial charge in [0.25, 0.3) is 17.7 Å². The van der Waals surface area contributed by atoms with Crippen molar-refractivity contribution in [2.45, 2.75) is 20.8 Å². The zero-order valence-electron chi connectivity index (χ0n) is 16.4. The van der Waals surface area contributed by atoms with Crippen LogP contribution in [0.2, 0.25) is 0 Å². The summed E-state index contributed by atoms with van der Waals surface area (Å²) in [5.74, 6) is -1.12. The van der Waals surface area contributed by atoms with E-state index in [0.29, 0.717) is 22.5 Å². The molecular weight excluding hydrogens is 364 g/mol. The lowest BCUT2D eigenvalue weighted by atomic mass is 10.1. The van der Waals surface area contributed by atoms with Gasteiger partial charge in [-0.25, -0.2) is 4.90 Å². The van der Waals surface area contributed by atoms with Crippen LogP contribution in [0.1, 0.15) is 47.8 Å². The van der Waals surface area contributed by atoms with Crippen LogP contribution in [0.25, 0.3) is 0 Å². The van der Waals surface area contributed by atoms with E-state index in [4.69, 9.17) is 0 Å². The zero-order valence-corrected chi connectivity index (χ0v) is 16.4. The molecule has 3 aromatic carbocycles. The van der Waals surface area contributed by atoms with Gasteiger partial charge < -0.3 is 5.32 Å². The molecule has 29 heavy (non-hydrogen) atoms. The van der Waals surface area contributed by atoms with E-state index in [-0.39, 0.29) is 17.4 Å². The van der Waals surface area contributed by atoms with Crippen LogP contribution in [0.4, 0.5) is 11.4 Å². The Kier molecular flexibility index (Phi) is 4.51. The van der Waals surface area contributed by atoms with Crippen LogP contribution < -0.4 is 10.2 Å². The Balaban J connectivity index is 1.65. The maximum absolute atomic E-state index is 13.0. The molecule has 3 aromatic rings. The molecule has 5 nitrogen and oxygen atoms in total. The lowest BCUT2D eigenvalue weighted by molar-refractivity contribution is 0.0925. The standard InChI is InChI=1S/C24H20N2O3/c1-14-5-9-18(10-6-14)25-22(27)17-8-11-19-20(13-17)24(29)26(23(19)28)21-12-15(2)4-7-16(21)3/h4-13H,1-3H3,(H,25,27). The number of benzene rings is 3. The van der Waals surface area contributed by atoms with Crippen LogP contribution >= 0.6 is 0 Å². The van der Waals surface area contributed by atoms with Crippen molar-refractivity contribution in [2.75, 3.05) is 10.2 Å². The van der Waals surface area contributed by atoms with Crippen LogP contribution in [0, 0.1) is 20.8 Å².